The minimum absolute atomic E-state index is 0.753. The fourth-order valence-corrected chi connectivity index (χ4v) is 8.72. The van der Waals surface area contributed by atoms with Gasteiger partial charge in [-0.1, -0.05) is 48.0 Å². The van der Waals surface area contributed by atoms with Crippen LogP contribution in [0, 0.1) is 6.92 Å². The van der Waals surface area contributed by atoms with Crippen molar-refractivity contribution in [1.29, 1.82) is 0 Å². The van der Waals surface area contributed by atoms with Crippen LogP contribution in [0.2, 0.25) is 0 Å². The van der Waals surface area contributed by atoms with Gasteiger partial charge in [0.25, 0.3) is 0 Å². The Hall–Kier alpha value is -2.34. The molecular weight excluding hydrogens is 372 g/mol. The van der Waals surface area contributed by atoms with Gasteiger partial charge in [0.2, 0.25) is 0 Å². The minimum Gasteiger partial charge on any atom is -0.0614 e. The number of benzene rings is 3. The van der Waals surface area contributed by atoms with Crippen LogP contribution >= 0.6 is 0 Å². The Bertz CT molecular complexity index is 1280. The third-order valence-electron chi connectivity index (χ3n) is 9.64. The van der Waals surface area contributed by atoms with E-state index in [9.17, 15) is 0 Å². The molecule has 5 aliphatic rings. The molecule has 0 spiro atoms. The van der Waals surface area contributed by atoms with Crippen molar-refractivity contribution in [3.05, 3.63) is 81.4 Å². The molecule has 0 heteroatoms. The van der Waals surface area contributed by atoms with E-state index in [1.54, 1.807) is 55.6 Å². The zero-order valence-electron chi connectivity index (χ0n) is 18.5. The van der Waals surface area contributed by atoms with Crippen LogP contribution in [0.25, 0.3) is 22.3 Å². The summed E-state index contributed by atoms with van der Waals surface area (Å²) in [6.45, 7) is 2.30. The lowest BCUT2D eigenvalue weighted by Crippen LogP contribution is -2.32. The first-order chi connectivity index (χ1) is 15.3. The van der Waals surface area contributed by atoms with Crippen LogP contribution in [0.1, 0.15) is 101 Å². The van der Waals surface area contributed by atoms with E-state index in [4.69, 9.17) is 0 Å². The molecule has 3 aromatic rings. The summed E-state index contributed by atoms with van der Waals surface area (Å²) in [5.41, 5.74) is 18.2. The fraction of sp³-hybridized carbons (Fsp3) is 0.419. The number of aryl methyl sites for hydroxylation is 3. The predicted molar refractivity (Wildman–Crippen MR) is 128 cm³/mol. The van der Waals surface area contributed by atoms with Crippen LogP contribution in [0.5, 0.6) is 0 Å². The van der Waals surface area contributed by atoms with Gasteiger partial charge in [0.1, 0.15) is 0 Å². The van der Waals surface area contributed by atoms with Crippen molar-refractivity contribution in [2.24, 2.45) is 0 Å². The van der Waals surface area contributed by atoms with Gasteiger partial charge in [-0.15, -0.1) is 0 Å². The van der Waals surface area contributed by atoms with Crippen molar-refractivity contribution in [2.45, 2.75) is 82.0 Å². The van der Waals surface area contributed by atoms with Crippen molar-refractivity contribution in [3.63, 3.8) is 0 Å². The average molecular weight is 403 g/mol. The van der Waals surface area contributed by atoms with E-state index in [-0.39, 0.29) is 0 Å². The molecule has 0 aromatic heterocycles. The van der Waals surface area contributed by atoms with Gasteiger partial charge in [-0.05, 0) is 138 Å². The smallest absolute Gasteiger partial charge is 0.00833 e. The highest BCUT2D eigenvalue weighted by Crippen LogP contribution is 2.64. The van der Waals surface area contributed by atoms with E-state index in [0.29, 0.717) is 0 Å². The monoisotopic (exact) mass is 402 g/mol. The molecule has 0 aliphatic heterocycles. The first-order valence-corrected chi connectivity index (χ1v) is 12.7. The molecule has 0 nitrogen and oxygen atoms in total. The summed E-state index contributed by atoms with van der Waals surface area (Å²) in [5, 5.41) is 0. The molecule has 154 valence electrons. The fourth-order valence-electron chi connectivity index (χ4n) is 8.72. The first kappa shape index (κ1) is 17.2. The zero-order valence-corrected chi connectivity index (χ0v) is 18.5. The molecule has 0 saturated carbocycles. The van der Waals surface area contributed by atoms with E-state index in [0.717, 1.165) is 23.7 Å². The third kappa shape index (κ3) is 2.08. The van der Waals surface area contributed by atoms with Crippen molar-refractivity contribution in [2.75, 3.05) is 0 Å². The van der Waals surface area contributed by atoms with Crippen molar-refractivity contribution >= 4 is 0 Å². The number of fused-ring (bicyclic) bond motifs is 4. The highest BCUT2D eigenvalue weighted by molar-refractivity contribution is 5.86. The molecule has 0 radical (unpaired) electrons. The lowest BCUT2D eigenvalue weighted by atomic mass is 9.54. The van der Waals surface area contributed by atoms with Crippen molar-refractivity contribution < 1.29 is 0 Å². The van der Waals surface area contributed by atoms with E-state index < -0.39 is 0 Å². The zero-order chi connectivity index (χ0) is 20.3. The van der Waals surface area contributed by atoms with Gasteiger partial charge in [-0.2, -0.15) is 0 Å². The van der Waals surface area contributed by atoms with Crippen LogP contribution in [0.3, 0.4) is 0 Å². The first-order valence-electron chi connectivity index (χ1n) is 12.7. The van der Waals surface area contributed by atoms with Crippen LogP contribution in [-0.2, 0) is 12.8 Å². The quantitative estimate of drug-likeness (QED) is 0.356. The standard InChI is InChI=1S/C31H30/c1-17-15-19-7-4-10-22-25-12-11-23-20-8-2-5-18-6-3-9-21(28(18)20)24-13-14-26(31(25)30(23)24)27(16-17)29(19)22/h3,6,9,13-16,20,22-23,25H,2,4-5,7-8,10-12H2,1H3. The second-order valence-electron chi connectivity index (χ2n) is 11.0. The molecule has 0 fully saturated rings. The number of hydrogen-bond donors (Lipinski definition) is 0. The lowest BCUT2D eigenvalue weighted by molar-refractivity contribution is 0.350. The highest BCUT2D eigenvalue weighted by atomic mass is 14.5. The maximum Gasteiger partial charge on any atom is -0.00833 e. The molecule has 0 saturated heterocycles. The van der Waals surface area contributed by atoms with E-state index in [1.807, 2.05) is 0 Å². The molecule has 4 unspecified atom stereocenters. The molecule has 0 bridgehead atoms. The van der Waals surface area contributed by atoms with Gasteiger partial charge in [0.15, 0.2) is 0 Å². The van der Waals surface area contributed by atoms with E-state index in [1.165, 1.54) is 56.9 Å². The van der Waals surface area contributed by atoms with Gasteiger partial charge in [0, 0.05) is 0 Å². The molecule has 5 aliphatic carbocycles. The summed E-state index contributed by atoms with van der Waals surface area (Å²) < 4.78 is 0. The van der Waals surface area contributed by atoms with Gasteiger partial charge < -0.3 is 0 Å². The molecule has 3 aromatic carbocycles. The highest BCUT2D eigenvalue weighted by Gasteiger charge is 2.46. The van der Waals surface area contributed by atoms with Crippen LogP contribution in [0.15, 0.2) is 42.5 Å². The molecule has 0 amide bonds. The summed E-state index contributed by atoms with van der Waals surface area (Å²) in [7, 11) is 0. The van der Waals surface area contributed by atoms with Gasteiger partial charge >= 0.3 is 0 Å². The molecule has 4 atom stereocenters. The Morgan fingerprint density at radius 3 is 1.87 bits per heavy atom. The van der Waals surface area contributed by atoms with E-state index >= 15 is 0 Å². The molecule has 31 heavy (non-hydrogen) atoms. The Morgan fingerprint density at radius 2 is 1.13 bits per heavy atom. The molecule has 8 rings (SSSR count). The summed E-state index contributed by atoms with van der Waals surface area (Å²) in [6, 6.07) is 17.2. The summed E-state index contributed by atoms with van der Waals surface area (Å²) in [6.07, 6.45) is 10.9. The van der Waals surface area contributed by atoms with Gasteiger partial charge in [-0.3, -0.25) is 0 Å². The Morgan fingerprint density at radius 1 is 0.548 bits per heavy atom. The largest absolute Gasteiger partial charge is 0.0614 e. The Kier molecular flexibility index (Phi) is 3.29. The molecular formula is C31H30. The Labute approximate surface area is 185 Å². The summed E-state index contributed by atoms with van der Waals surface area (Å²) >= 11 is 0. The second kappa shape index (κ2) is 5.91. The number of rotatable bonds is 0. The predicted octanol–water partition coefficient (Wildman–Crippen LogP) is 8.16. The minimum atomic E-state index is 0.753. The molecule has 0 heterocycles. The number of hydrogen-bond acceptors (Lipinski definition) is 0. The van der Waals surface area contributed by atoms with Crippen molar-refractivity contribution in [1.82, 2.24) is 0 Å². The van der Waals surface area contributed by atoms with Crippen LogP contribution in [-0.4, -0.2) is 0 Å². The normalized spacial score (nSPS) is 28.4. The maximum atomic E-state index is 2.52. The lowest BCUT2D eigenvalue weighted by Gasteiger charge is -2.49. The maximum absolute atomic E-state index is 2.52. The van der Waals surface area contributed by atoms with Crippen LogP contribution < -0.4 is 0 Å². The van der Waals surface area contributed by atoms with Crippen LogP contribution in [0.4, 0.5) is 0 Å². The second-order valence-corrected chi connectivity index (χ2v) is 11.0. The van der Waals surface area contributed by atoms with E-state index in [2.05, 4.69) is 49.4 Å². The summed E-state index contributed by atoms with van der Waals surface area (Å²) in [4.78, 5) is 0. The SMILES string of the molecule is Cc1cc2c3c(c1)-c1ccc4c5c1C(CCC5C1CCCc5cccc-4c51)C3CCC2. The topological polar surface area (TPSA) is 0 Å². The van der Waals surface area contributed by atoms with Crippen molar-refractivity contribution in [3.8, 4) is 22.3 Å². The Balaban J connectivity index is 1.47. The average Bonchev–Trinajstić information content (AvgIpc) is 2.80. The molecule has 0 N–H and O–H groups in total. The third-order valence-corrected chi connectivity index (χ3v) is 9.64. The van der Waals surface area contributed by atoms with Gasteiger partial charge in [-0.25, -0.2) is 0 Å². The summed E-state index contributed by atoms with van der Waals surface area (Å²) in [5.74, 6) is 3.03. The van der Waals surface area contributed by atoms with Gasteiger partial charge in [0.05, 0.1) is 0 Å².